The number of ether oxygens (including phenoxy) is 1. The van der Waals surface area contributed by atoms with Gasteiger partial charge in [-0.3, -0.25) is 9.35 Å². The third-order valence-corrected chi connectivity index (χ3v) is 6.88. The van der Waals surface area contributed by atoms with Crippen molar-refractivity contribution < 1.29 is 52.1 Å². The Morgan fingerprint density at radius 1 is 0.677 bits per heavy atom. The summed E-state index contributed by atoms with van der Waals surface area (Å²) in [6.07, 6.45) is 22.9. The van der Waals surface area contributed by atoms with E-state index in [2.05, 4.69) is 6.92 Å². The van der Waals surface area contributed by atoms with Crippen LogP contribution in [-0.2, 0) is 19.6 Å². The van der Waals surface area contributed by atoms with Crippen LogP contribution in [0.3, 0.4) is 0 Å². The molecular formula is C24H48NaO5S+. The fraction of sp³-hybridized carbons (Fsp3) is 0.958. The summed E-state index contributed by atoms with van der Waals surface area (Å²) in [4.78, 5) is 11.6. The molecule has 0 heterocycles. The minimum Gasteiger partial charge on any atom is -0.465 e. The van der Waals surface area contributed by atoms with Crippen molar-refractivity contribution >= 4 is 16.1 Å². The molecule has 0 fully saturated rings. The fourth-order valence-corrected chi connectivity index (χ4v) is 4.63. The zero-order chi connectivity index (χ0) is 22.5. The Labute approximate surface area is 214 Å². The Balaban J connectivity index is 0. The van der Waals surface area contributed by atoms with E-state index in [0.717, 1.165) is 19.3 Å². The molecule has 1 N–H and O–H groups in total. The SMILES string of the molecule is CCCCCCCCCCCCCCCCCCCCC(C(=O)OCC)S(=O)(=O)O.[Na+]. The van der Waals surface area contributed by atoms with Crippen molar-refractivity contribution in [1.29, 1.82) is 0 Å². The zero-order valence-corrected chi connectivity index (χ0v) is 23.5. The largest absolute Gasteiger partial charge is 1.00 e. The van der Waals surface area contributed by atoms with Crippen LogP contribution in [0.5, 0.6) is 0 Å². The molecule has 1 unspecified atom stereocenters. The van der Waals surface area contributed by atoms with Gasteiger partial charge in [-0.15, -0.1) is 0 Å². The second-order valence-corrected chi connectivity index (χ2v) is 10.2. The van der Waals surface area contributed by atoms with Crippen LogP contribution in [0.1, 0.15) is 136 Å². The molecule has 0 saturated heterocycles. The molecule has 0 amide bonds. The van der Waals surface area contributed by atoms with Crippen molar-refractivity contribution in [3.8, 4) is 0 Å². The summed E-state index contributed by atoms with van der Waals surface area (Å²) >= 11 is 0. The molecule has 5 nitrogen and oxygen atoms in total. The van der Waals surface area contributed by atoms with Gasteiger partial charge in [-0.2, -0.15) is 8.42 Å². The number of hydrogen-bond donors (Lipinski definition) is 1. The van der Waals surface area contributed by atoms with Gasteiger partial charge in [0.15, 0.2) is 5.25 Å². The first-order valence-electron chi connectivity index (χ1n) is 12.6. The van der Waals surface area contributed by atoms with Crippen LogP contribution < -0.4 is 29.6 Å². The molecule has 0 radical (unpaired) electrons. The van der Waals surface area contributed by atoms with Gasteiger partial charge in [0.2, 0.25) is 0 Å². The average Bonchev–Trinajstić information content (AvgIpc) is 2.69. The summed E-state index contributed by atoms with van der Waals surface area (Å²) in [6.45, 7) is 4.00. The molecule has 0 aliphatic heterocycles. The number of esters is 1. The van der Waals surface area contributed by atoms with E-state index >= 15 is 0 Å². The van der Waals surface area contributed by atoms with Gasteiger partial charge in [0.05, 0.1) is 6.61 Å². The van der Waals surface area contributed by atoms with Crippen LogP contribution in [0.4, 0.5) is 0 Å². The van der Waals surface area contributed by atoms with E-state index in [0.29, 0.717) is 6.42 Å². The predicted octanol–water partition coefficient (Wildman–Crippen LogP) is 4.24. The number of unbranched alkanes of at least 4 members (excludes halogenated alkanes) is 17. The van der Waals surface area contributed by atoms with Crippen molar-refractivity contribution in [3.63, 3.8) is 0 Å². The summed E-state index contributed by atoms with van der Waals surface area (Å²) in [6, 6.07) is 0. The van der Waals surface area contributed by atoms with Crippen molar-refractivity contribution in [3.05, 3.63) is 0 Å². The molecule has 0 rings (SSSR count). The van der Waals surface area contributed by atoms with Gasteiger partial charge in [0, 0.05) is 0 Å². The number of carbonyl (C=O) groups excluding carboxylic acids is 1. The second kappa shape index (κ2) is 23.5. The number of rotatable bonds is 22. The Kier molecular flexibility index (Phi) is 25.5. The summed E-state index contributed by atoms with van der Waals surface area (Å²) in [5.41, 5.74) is 0. The van der Waals surface area contributed by atoms with Crippen LogP contribution >= 0.6 is 0 Å². The second-order valence-electron chi connectivity index (χ2n) is 8.55. The molecule has 31 heavy (non-hydrogen) atoms. The van der Waals surface area contributed by atoms with Gasteiger partial charge in [0.1, 0.15) is 0 Å². The van der Waals surface area contributed by atoms with E-state index < -0.39 is 21.3 Å². The van der Waals surface area contributed by atoms with E-state index in [1.807, 2.05) is 0 Å². The summed E-state index contributed by atoms with van der Waals surface area (Å²) in [5, 5.41) is -1.43. The molecule has 0 bridgehead atoms. The zero-order valence-electron chi connectivity index (χ0n) is 20.7. The standard InChI is InChI=1S/C24H48O5S.Na/c1-3-5-6-7-8-9-10-11-12-13-14-15-16-17-18-19-20-21-22-23(30(26,27)28)24(25)29-4-2;/h23H,3-22H2,1-2H3,(H,26,27,28);/q;+1. The van der Waals surface area contributed by atoms with Crippen LogP contribution in [-0.4, -0.2) is 30.8 Å². The molecule has 180 valence electrons. The predicted molar refractivity (Wildman–Crippen MR) is 125 cm³/mol. The van der Waals surface area contributed by atoms with Gasteiger partial charge in [0.25, 0.3) is 10.1 Å². The Bertz CT molecular complexity index is 496. The van der Waals surface area contributed by atoms with Crippen molar-refractivity contribution in [2.45, 2.75) is 141 Å². The van der Waals surface area contributed by atoms with E-state index in [1.54, 1.807) is 6.92 Å². The van der Waals surface area contributed by atoms with Gasteiger partial charge >= 0.3 is 35.5 Å². The topological polar surface area (TPSA) is 80.7 Å². The molecule has 0 aromatic carbocycles. The third-order valence-electron chi connectivity index (χ3n) is 5.73. The van der Waals surface area contributed by atoms with Crippen LogP contribution in [0.25, 0.3) is 0 Å². The molecule has 0 aromatic heterocycles. The minimum atomic E-state index is -4.38. The Hall–Kier alpha value is 0.380. The van der Waals surface area contributed by atoms with Gasteiger partial charge in [-0.25, -0.2) is 0 Å². The fourth-order valence-electron chi connectivity index (χ4n) is 3.85. The van der Waals surface area contributed by atoms with Gasteiger partial charge < -0.3 is 4.74 Å². The molecule has 0 aliphatic carbocycles. The third kappa shape index (κ3) is 22.0. The smallest absolute Gasteiger partial charge is 0.465 e. The van der Waals surface area contributed by atoms with Gasteiger partial charge in [-0.1, -0.05) is 122 Å². The molecule has 0 aliphatic rings. The van der Waals surface area contributed by atoms with Crippen molar-refractivity contribution in [2.75, 3.05) is 6.61 Å². The first-order chi connectivity index (χ1) is 14.4. The van der Waals surface area contributed by atoms with Crippen LogP contribution in [0, 0.1) is 0 Å². The first kappa shape index (κ1) is 33.6. The van der Waals surface area contributed by atoms with Crippen LogP contribution in [0.2, 0.25) is 0 Å². The van der Waals surface area contributed by atoms with Crippen LogP contribution in [0.15, 0.2) is 0 Å². The summed E-state index contributed by atoms with van der Waals surface area (Å²) in [5.74, 6) is -0.841. The van der Waals surface area contributed by atoms with Crippen molar-refractivity contribution in [1.82, 2.24) is 0 Å². The molecule has 0 spiro atoms. The quantitative estimate of drug-likeness (QED) is 0.111. The van der Waals surface area contributed by atoms with Crippen molar-refractivity contribution in [2.24, 2.45) is 0 Å². The van der Waals surface area contributed by atoms with Gasteiger partial charge in [-0.05, 0) is 13.3 Å². The Morgan fingerprint density at radius 2 is 1.00 bits per heavy atom. The molecule has 0 aromatic rings. The maximum absolute atomic E-state index is 11.6. The molecule has 7 heteroatoms. The van der Waals surface area contributed by atoms with E-state index in [1.165, 1.54) is 89.9 Å². The van der Waals surface area contributed by atoms with E-state index in [9.17, 15) is 17.8 Å². The molecule has 0 saturated carbocycles. The normalized spacial score (nSPS) is 12.4. The maximum Gasteiger partial charge on any atom is 1.00 e. The molecule has 1 atom stereocenters. The monoisotopic (exact) mass is 471 g/mol. The Morgan fingerprint density at radius 3 is 1.29 bits per heavy atom. The maximum atomic E-state index is 11.6. The summed E-state index contributed by atoms with van der Waals surface area (Å²) < 4.78 is 36.6. The minimum absolute atomic E-state index is 0. The average molecular weight is 472 g/mol. The van der Waals surface area contributed by atoms with E-state index in [4.69, 9.17) is 4.74 Å². The number of hydrogen-bond acceptors (Lipinski definition) is 4. The first-order valence-corrected chi connectivity index (χ1v) is 14.1. The van der Waals surface area contributed by atoms with E-state index in [-0.39, 0.29) is 42.6 Å². The molecular weight excluding hydrogens is 423 g/mol. The number of carbonyl (C=O) groups is 1. The summed E-state index contributed by atoms with van der Waals surface area (Å²) in [7, 11) is -4.38.